The molecule has 0 aliphatic carbocycles. The second-order valence-electron chi connectivity index (χ2n) is 4.42. The fraction of sp³-hybridized carbons (Fsp3) is 1.00. The van der Waals surface area contributed by atoms with Gasteiger partial charge >= 0.3 is 0 Å². The van der Waals surface area contributed by atoms with Crippen LogP contribution in [0, 0.1) is 0 Å². The Morgan fingerprint density at radius 1 is 0.857 bits per heavy atom. The predicted octanol–water partition coefficient (Wildman–Crippen LogP) is 4.08. The van der Waals surface area contributed by atoms with Crippen molar-refractivity contribution in [3.8, 4) is 0 Å². The molecule has 0 aromatic heterocycles. The first-order valence-electron chi connectivity index (χ1n) is 6.46. The van der Waals surface area contributed by atoms with Gasteiger partial charge in [0.05, 0.1) is 0 Å². The molecule has 0 aromatic rings. The maximum absolute atomic E-state index is 2.55. The molecule has 0 saturated heterocycles. The summed E-state index contributed by atoms with van der Waals surface area (Å²) >= 11 is 0. The van der Waals surface area contributed by atoms with Gasteiger partial charge in [0.25, 0.3) is 0 Å². The molecule has 0 bridgehead atoms. The molecule has 0 fully saturated rings. The molecule has 1 unspecified atom stereocenters. The fourth-order valence-electron chi connectivity index (χ4n) is 2.08. The second kappa shape index (κ2) is 9.51. The number of unbranched alkanes of at least 4 members (excludes halogenated alkanes) is 2. The lowest BCUT2D eigenvalue weighted by atomic mass is 10.0. The minimum Gasteiger partial charge on any atom is -0.303 e. The summed E-state index contributed by atoms with van der Waals surface area (Å²) in [7, 11) is 2.29. The molecule has 1 nitrogen and oxygen atoms in total. The Kier molecular flexibility index (Phi) is 9.49. The maximum atomic E-state index is 2.55. The SMILES string of the molecule is CCCCCC(CCC)N(C)CCC. The van der Waals surface area contributed by atoms with Gasteiger partial charge in [-0.25, -0.2) is 0 Å². The molecule has 0 N–H and O–H groups in total. The van der Waals surface area contributed by atoms with Crippen LogP contribution in [-0.4, -0.2) is 24.5 Å². The van der Waals surface area contributed by atoms with Gasteiger partial charge in [0.2, 0.25) is 0 Å². The highest BCUT2D eigenvalue weighted by Gasteiger charge is 2.11. The van der Waals surface area contributed by atoms with Crippen molar-refractivity contribution in [1.82, 2.24) is 4.90 Å². The lowest BCUT2D eigenvalue weighted by molar-refractivity contribution is 0.213. The van der Waals surface area contributed by atoms with Crippen molar-refractivity contribution in [2.75, 3.05) is 13.6 Å². The molecule has 0 rings (SSSR count). The first-order chi connectivity index (χ1) is 6.76. The van der Waals surface area contributed by atoms with Gasteiger partial charge in [-0.05, 0) is 32.9 Å². The molecule has 0 saturated carbocycles. The van der Waals surface area contributed by atoms with Crippen LogP contribution in [0.4, 0.5) is 0 Å². The van der Waals surface area contributed by atoms with Gasteiger partial charge in [-0.3, -0.25) is 0 Å². The van der Waals surface area contributed by atoms with Crippen LogP contribution in [-0.2, 0) is 0 Å². The molecule has 14 heavy (non-hydrogen) atoms. The molecule has 86 valence electrons. The largest absolute Gasteiger partial charge is 0.303 e. The highest BCUT2D eigenvalue weighted by atomic mass is 15.1. The van der Waals surface area contributed by atoms with Gasteiger partial charge in [-0.1, -0.05) is 46.5 Å². The average Bonchev–Trinajstić information content (AvgIpc) is 2.17. The van der Waals surface area contributed by atoms with Gasteiger partial charge in [0.1, 0.15) is 0 Å². The third kappa shape index (κ3) is 6.42. The molecule has 0 spiro atoms. The predicted molar refractivity (Wildman–Crippen MR) is 65.8 cm³/mol. The van der Waals surface area contributed by atoms with Crippen molar-refractivity contribution in [1.29, 1.82) is 0 Å². The Bertz CT molecular complexity index is 112. The minimum atomic E-state index is 0.839. The van der Waals surface area contributed by atoms with E-state index >= 15 is 0 Å². The van der Waals surface area contributed by atoms with Crippen molar-refractivity contribution in [3.63, 3.8) is 0 Å². The van der Waals surface area contributed by atoms with E-state index in [0.717, 1.165) is 6.04 Å². The molecule has 1 heteroatoms. The van der Waals surface area contributed by atoms with Crippen LogP contribution in [0.15, 0.2) is 0 Å². The number of rotatable bonds is 9. The highest BCUT2D eigenvalue weighted by Crippen LogP contribution is 2.14. The quantitative estimate of drug-likeness (QED) is 0.506. The fourth-order valence-corrected chi connectivity index (χ4v) is 2.08. The highest BCUT2D eigenvalue weighted by molar-refractivity contribution is 4.68. The summed E-state index contributed by atoms with van der Waals surface area (Å²) in [6.07, 6.45) is 9.54. The molecule has 0 radical (unpaired) electrons. The van der Waals surface area contributed by atoms with Crippen LogP contribution in [0.3, 0.4) is 0 Å². The first kappa shape index (κ1) is 14.0. The summed E-state index contributed by atoms with van der Waals surface area (Å²) in [5.41, 5.74) is 0. The summed E-state index contributed by atoms with van der Waals surface area (Å²) in [4.78, 5) is 2.55. The average molecular weight is 199 g/mol. The Labute approximate surface area is 90.9 Å². The van der Waals surface area contributed by atoms with Crippen LogP contribution in [0.5, 0.6) is 0 Å². The normalized spacial score (nSPS) is 13.5. The summed E-state index contributed by atoms with van der Waals surface area (Å²) in [6, 6.07) is 0.839. The molecular weight excluding hydrogens is 170 g/mol. The van der Waals surface area contributed by atoms with Crippen LogP contribution in [0.1, 0.15) is 65.7 Å². The zero-order valence-electron chi connectivity index (χ0n) is 10.7. The van der Waals surface area contributed by atoms with Crippen molar-refractivity contribution in [2.45, 2.75) is 71.8 Å². The van der Waals surface area contributed by atoms with Crippen molar-refractivity contribution in [3.05, 3.63) is 0 Å². The van der Waals surface area contributed by atoms with E-state index in [0.29, 0.717) is 0 Å². The van der Waals surface area contributed by atoms with Gasteiger partial charge in [-0.2, -0.15) is 0 Å². The first-order valence-corrected chi connectivity index (χ1v) is 6.46. The van der Waals surface area contributed by atoms with E-state index in [1.165, 1.54) is 51.5 Å². The third-order valence-corrected chi connectivity index (χ3v) is 2.96. The van der Waals surface area contributed by atoms with E-state index in [9.17, 15) is 0 Å². The monoisotopic (exact) mass is 199 g/mol. The van der Waals surface area contributed by atoms with Crippen molar-refractivity contribution < 1.29 is 0 Å². The molecule has 0 aromatic carbocycles. The van der Waals surface area contributed by atoms with Crippen LogP contribution < -0.4 is 0 Å². The summed E-state index contributed by atoms with van der Waals surface area (Å²) < 4.78 is 0. The molecular formula is C13H29N. The minimum absolute atomic E-state index is 0.839. The van der Waals surface area contributed by atoms with E-state index in [-0.39, 0.29) is 0 Å². The zero-order valence-corrected chi connectivity index (χ0v) is 10.7. The molecule has 1 atom stereocenters. The molecule has 0 aliphatic heterocycles. The van der Waals surface area contributed by atoms with Crippen molar-refractivity contribution >= 4 is 0 Å². The zero-order chi connectivity index (χ0) is 10.8. The molecule has 0 amide bonds. The van der Waals surface area contributed by atoms with E-state index in [2.05, 4.69) is 32.7 Å². The van der Waals surface area contributed by atoms with E-state index < -0.39 is 0 Å². The summed E-state index contributed by atoms with van der Waals surface area (Å²) in [6.45, 7) is 8.11. The lowest BCUT2D eigenvalue weighted by Gasteiger charge is -2.27. The van der Waals surface area contributed by atoms with Gasteiger partial charge in [0, 0.05) is 6.04 Å². The maximum Gasteiger partial charge on any atom is 0.00921 e. The second-order valence-corrected chi connectivity index (χ2v) is 4.42. The Morgan fingerprint density at radius 2 is 1.57 bits per heavy atom. The Balaban J connectivity index is 3.74. The van der Waals surface area contributed by atoms with Crippen LogP contribution >= 0.6 is 0 Å². The third-order valence-electron chi connectivity index (χ3n) is 2.96. The number of hydrogen-bond donors (Lipinski definition) is 0. The van der Waals surface area contributed by atoms with Gasteiger partial charge in [-0.15, -0.1) is 0 Å². The van der Waals surface area contributed by atoms with Crippen LogP contribution in [0.25, 0.3) is 0 Å². The summed E-state index contributed by atoms with van der Waals surface area (Å²) in [5.74, 6) is 0. The number of hydrogen-bond acceptors (Lipinski definition) is 1. The Morgan fingerprint density at radius 3 is 2.07 bits per heavy atom. The Hall–Kier alpha value is -0.0400. The van der Waals surface area contributed by atoms with Crippen molar-refractivity contribution in [2.24, 2.45) is 0 Å². The smallest absolute Gasteiger partial charge is 0.00921 e. The van der Waals surface area contributed by atoms with Crippen LogP contribution in [0.2, 0.25) is 0 Å². The molecule has 0 aliphatic rings. The summed E-state index contributed by atoms with van der Waals surface area (Å²) in [5, 5.41) is 0. The topological polar surface area (TPSA) is 3.24 Å². The molecule has 0 heterocycles. The standard InChI is InChI=1S/C13H29N/c1-5-8-9-11-13(10-6-2)14(4)12-7-3/h13H,5-12H2,1-4H3. The number of nitrogens with zero attached hydrogens (tertiary/aromatic N) is 1. The van der Waals surface area contributed by atoms with Gasteiger partial charge in [0.15, 0.2) is 0 Å². The van der Waals surface area contributed by atoms with E-state index in [4.69, 9.17) is 0 Å². The van der Waals surface area contributed by atoms with E-state index in [1.54, 1.807) is 0 Å². The lowest BCUT2D eigenvalue weighted by Crippen LogP contribution is -2.32. The van der Waals surface area contributed by atoms with E-state index in [1.807, 2.05) is 0 Å². The van der Waals surface area contributed by atoms with Gasteiger partial charge < -0.3 is 4.90 Å².